The molecular weight excluding hydrogens is 548 g/mol. The van der Waals surface area contributed by atoms with E-state index in [0.29, 0.717) is 46.7 Å². The number of nitrogens with zero attached hydrogens (tertiary/aromatic N) is 6. The van der Waals surface area contributed by atoms with Crippen molar-refractivity contribution < 1.29 is 13.6 Å². The number of piperidine rings is 1. The van der Waals surface area contributed by atoms with Crippen molar-refractivity contribution in [3.05, 3.63) is 96.0 Å². The van der Waals surface area contributed by atoms with E-state index in [1.807, 2.05) is 35.2 Å². The van der Waals surface area contributed by atoms with Crippen LogP contribution in [-0.4, -0.2) is 58.1 Å². The van der Waals surface area contributed by atoms with Gasteiger partial charge in [-0.25, -0.2) is 18.3 Å². The zero-order valence-electron chi connectivity index (χ0n) is 23.8. The molecule has 1 N–H and O–H groups in total. The number of carbonyl (C=O) groups is 1. The third kappa shape index (κ3) is 4.78. The molecule has 10 heteroatoms. The molecular formula is C33H33F2N7O. The van der Waals surface area contributed by atoms with E-state index in [1.165, 1.54) is 36.9 Å². The molecule has 2 aromatic heterocycles. The van der Waals surface area contributed by atoms with E-state index in [4.69, 9.17) is 4.98 Å². The molecule has 3 atom stereocenters. The third-order valence-electron chi connectivity index (χ3n) is 9.54. The number of hydrogen-bond acceptors (Lipinski definition) is 6. The first-order valence-electron chi connectivity index (χ1n) is 15.1. The highest BCUT2D eigenvalue weighted by molar-refractivity contribution is 6.08. The molecule has 0 bridgehead atoms. The van der Waals surface area contributed by atoms with E-state index in [-0.39, 0.29) is 17.9 Å². The summed E-state index contributed by atoms with van der Waals surface area (Å²) in [7, 11) is 0. The summed E-state index contributed by atoms with van der Waals surface area (Å²) >= 11 is 0. The lowest BCUT2D eigenvalue weighted by atomic mass is 10.0. The van der Waals surface area contributed by atoms with Crippen LogP contribution >= 0.6 is 0 Å². The maximum atomic E-state index is 14.8. The second-order valence-corrected chi connectivity index (χ2v) is 12.3. The second-order valence-electron chi connectivity index (χ2n) is 12.3. The van der Waals surface area contributed by atoms with Crippen LogP contribution in [0.1, 0.15) is 41.2 Å². The number of hydrogen-bond donors (Lipinski definition) is 1. The first-order valence-corrected chi connectivity index (χ1v) is 15.1. The largest absolute Gasteiger partial charge is 0.372 e. The SMILES string of the molecule is C=C(C1CC1)N1CCN(c2ccc(NC(=O)c3cnn4ccc(N5CC6CC6[C@@H]5c5cc(F)ccc5F)nc34)cc2)CC1. The Bertz CT molecular complexity index is 1730. The van der Waals surface area contributed by atoms with Crippen LogP contribution in [0, 0.1) is 29.4 Å². The van der Waals surface area contributed by atoms with Crippen LogP contribution in [-0.2, 0) is 0 Å². The van der Waals surface area contributed by atoms with Gasteiger partial charge in [0.25, 0.3) is 5.91 Å². The van der Waals surface area contributed by atoms with Crippen molar-refractivity contribution in [2.24, 2.45) is 17.8 Å². The van der Waals surface area contributed by atoms with Crippen LogP contribution in [0.4, 0.5) is 26.0 Å². The van der Waals surface area contributed by atoms with E-state index >= 15 is 0 Å². The predicted molar refractivity (Wildman–Crippen MR) is 161 cm³/mol. The van der Waals surface area contributed by atoms with E-state index < -0.39 is 11.6 Å². The van der Waals surface area contributed by atoms with Crippen molar-refractivity contribution in [1.82, 2.24) is 19.5 Å². The molecule has 2 saturated heterocycles. The van der Waals surface area contributed by atoms with Crippen LogP contribution in [0.5, 0.6) is 0 Å². The maximum Gasteiger partial charge on any atom is 0.261 e. The molecule has 8 rings (SSSR count). The van der Waals surface area contributed by atoms with Crippen molar-refractivity contribution in [3.63, 3.8) is 0 Å². The topological polar surface area (TPSA) is 69.0 Å². The number of benzene rings is 2. The fraction of sp³-hybridized carbons (Fsp3) is 0.364. The van der Waals surface area contributed by atoms with Gasteiger partial charge in [-0.05, 0) is 85.5 Å². The van der Waals surface area contributed by atoms with Crippen LogP contribution in [0.15, 0.2) is 73.2 Å². The molecule has 4 aliphatic rings. The number of anilines is 3. The van der Waals surface area contributed by atoms with Crippen molar-refractivity contribution >= 4 is 28.7 Å². The fourth-order valence-corrected chi connectivity index (χ4v) is 6.90. The third-order valence-corrected chi connectivity index (χ3v) is 9.54. The number of rotatable bonds is 7. The Kier molecular flexibility index (Phi) is 6.13. The van der Waals surface area contributed by atoms with Crippen molar-refractivity contribution in [1.29, 1.82) is 0 Å². The molecule has 43 heavy (non-hydrogen) atoms. The minimum atomic E-state index is -0.454. The molecule has 4 heterocycles. The van der Waals surface area contributed by atoms with E-state index in [2.05, 4.69) is 26.8 Å². The molecule has 2 aliphatic carbocycles. The Hall–Kier alpha value is -4.47. The van der Waals surface area contributed by atoms with Crippen molar-refractivity contribution in [3.8, 4) is 0 Å². The van der Waals surface area contributed by atoms with Crippen LogP contribution in [0.3, 0.4) is 0 Å². The molecule has 0 radical (unpaired) electrons. The average molecular weight is 582 g/mol. The number of nitrogens with one attached hydrogen (secondary N) is 1. The smallest absolute Gasteiger partial charge is 0.261 e. The highest BCUT2D eigenvalue weighted by Crippen LogP contribution is 2.57. The Morgan fingerprint density at radius 3 is 2.56 bits per heavy atom. The molecule has 1 amide bonds. The van der Waals surface area contributed by atoms with Gasteiger partial charge in [0, 0.05) is 61.6 Å². The average Bonchev–Trinajstić information content (AvgIpc) is 3.95. The summed E-state index contributed by atoms with van der Waals surface area (Å²) in [5, 5.41) is 7.32. The Morgan fingerprint density at radius 2 is 1.79 bits per heavy atom. The minimum absolute atomic E-state index is 0.260. The number of allylic oxidation sites excluding steroid dienone is 1. The van der Waals surface area contributed by atoms with Gasteiger partial charge < -0.3 is 20.0 Å². The lowest BCUT2D eigenvalue weighted by Gasteiger charge is -2.38. The van der Waals surface area contributed by atoms with Crippen LogP contribution in [0.25, 0.3) is 5.65 Å². The number of piperazine rings is 1. The van der Waals surface area contributed by atoms with Crippen molar-refractivity contribution in [2.75, 3.05) is 47.8 Å². The summed E-state index contributed by atoms with van der Waals surface area (Å²) in [5.41, 5.74) is 4.22. The maximum absolute atomic E-state index is 14.8. The lowest BCUT2D eigenvalue weighted by molar-refractivity contribution is 0.102. The van der Waals surface area contributed by atoms with Crippen molar-refractivity contribution in [2.45, 2.75) is 25.3 Å². The molecule has 2 aliphatic heterocycles. The highest BCUT2D eigenvalue weighted by atomic mass is 19.1. The van der Waals surface area contributed by atoms with Crippen LogP contribution in [0.2, 0.25) is 0 Å². The number of carbonyl (C=O) groups excluding carboxylic acids is 1. The number of amides is 1. The molecule has 220 valence electrons. The normalized spacial score (nSPS) is 23.0. The van der Waals surface area contributed by atoms with Gasteiger partial charge in [-0.15, -0.1) is 0 Å². The van der Waals surface area contributed by atoms with Gasteiger partial charge in [-0.2, -0.15) is 5.10 Å². The van der Waals surface area contributed by atoms with Gasteiger partial charge in [-0.3, -0.25) is 4.79 Å². The highest BCUT2D eigenvalue weighted by Gasteiger charge is 2.54. The molecule has 2 unspecified atom stereocenters. The summed E-state index contributed by atoms with van der Waals surface area (Å²) in [4.78, 5) is 25.0. The standard InChI is InChI=1S/C33H33F2N7O/c1-20(21-2-3-21)39-12-14-40(15-13-39)25-7-5-24(6-8-25)37-33(43)28-18-36-42-11-10-30(38-32(28)42)41-19-22-16-26(22)31(41)27-17-23(34)4-9-29(27)35/h4-11,17-18,21-22,26,31H,1-3,12-16,19H2,(H,37,43)/t22?,26?,31-/m1/s1. The Labute approximate surface area is 248 Å². The van der Waals surface area contributed by atoms with Gasteiger partial charge in [-0.1, -0.05) is 6.58 Å². The summed E-state index contributed by atoms with van der Waals surface area (Å²) in [6, 6.07) is 13.1. The number of halogens is 2. The Balaban J connectivity index is 0.976. The first-order chi connectivity index (χ1) is 20.9. The molecule has 4 aromatic rings. The van der Waals surface area contributed by atoms with E-state index in [0.717, 1.165) is 44.4 Å². The van der Waals surface area contributed by atoms with Gasteiger partial charge in [0.1, 0.15) is 23.0 Å². The van der Waals surface area contributed by atoms with Crippen LogP contribution < -0.4 is 15.1 Å². The minimum Gasteiger partial charge on any atom is -0.372 e. The molecule has 8 nitrogen and oxygen atoms in total. The predicted octanol–water partition coefficient (Wildman–Crippen LogP) is 5.50. The molecule has 0 spiro atoms. The fourth-order valence-electron chi connectivity index (χ4n) is 6.90. The monoisotopic (exact) mass is 581 g/mol. The molecule has 4 fully saturated rings. The van der Waals surface area contributed by atoms with Gasteiger partial charge >= 0.3 is 0 Å². The zero-order chi connectivity index (χ0) is 29.2. The summed E-state index contributed by atoms with van der Waals surface area (Å²) in [5.74, 6) is 0.816. The first kappa shape index (κ1) is 26.2. The van der Waals surface area contributed by atoms with E-state index in [9.17, 15) is 13.6 Å². The second kappa shape index (κ2) is 10.1. The van der Waals surface area contributed by atoms with Gasteiger partial charge in [0.2, 0.25) is 0 Å². The quantitative estimate of drug-likeness (QED) is 0.311. The summed E-state index contributed by atoms with van der Waals surface area (Å²) in [6.45, 7) is 8.85. The molecule has 2 aromatic carbocycles. The zero-order valence-corrected chi connectivity index (χ0v) is 23.8. The molecule has 2 saturated carbocycles. The number of aromatic nitrogens is 3. The van der Waals surface area contributed by atoms with E-state index in [1.54, 1.807) is 10.7 Å². The number of fused-ring (bicyclic) bond motifs is 2. The summed E-state index contributed by atoms with van der Waals surface area (Å²) < 4.78 is 30.4. The lowest BCUT2D eigenvalue weighted by Crippen LogP contribution is -2.46. The van der Waals surface area contributed by atoms with Gasteiger partial charge in [0.05, 0.1) is 12.2 Å². The summed E-state index contributed by atoms with van der Waals surface area (Å²) in [6.07, 6.45) is 6.80. The van der Waals surface area contributed by atoms with Gasteiger partial charge in [0.15, 0.2) is 5.65 Å². The Morgan fingerprint density at radius 1 is 1.00 bits per heavy atom.